The van der Waals surface area contributed by atoms with Crippen molar-refractivity contribution in [3.8, 4) is 11.4 Å². The summed E-state index contributed by atoms with van der Waals surface area (Å²) in [5.41, 5.74) is 2.96. The maximum absolute atomic E-state index is 5.89. The Morgan fingerprint density at radius 2 is 1.77 bits per heavy atom. The Kier molecular flexibility index (Phi) is 4.39. The van der Waals surface area contributed by atoms with Crippen LogP contribution in [0.15, 0.2) is 60.9 Å². The van der Waals surface area contributed by atoms with Crippen molar-refractivity contribution in [1.82, 2.24) is 15.0 Å². The molecule has 0 radical (unpaired) electrons. The lowest BCUT2D eigenvalue weighted by molar-refractivity contribution is -0.0386. The Morgan fingerprint density at radius 1 is 1.04 bits per heavy atom. The summed E-state index contributed by atoms with van der Waals surface area (Å²) in [5, 5.41) is 0. The highest BCUT2D eigenvalue weighted by Gasteiger charge is 2.45. The van der Waals surface area contributed by atoms with E-state index in [0.29, 0.717) is 0 Å². The molecule has 1 fully saturated rings. The van der Waals surface area contributed by atoms with E-state index in [0.717, 1.165) is 42.4 Å². The number of ether oxygens (including phenoxy) is 1. The van der Waals surface area contributed by atoms with Gasteiger partial charge >= 0.3 is 0 Å². The van der Waals surface area contributed by atoms with Crippen LogP contribution in [0.5, 0.6) is 0 Å². The molecule has 1 aliphatic heterocycles. The lowest BCUT2D eigenvalue weighted by atomic mass is 9.85. The molecule has 2 aromatic heterocycles. The van der Waals surface area contributed by atoms with E-state index in [1.165, 1.54) is 5.56 Å². The standard InChI is InChI=1S/C21H22N4O/c1-3-18-13-19(24-20(23-18)16-9-11-22-12-10-16)25-14-21(15-25,26-2)17-7-5-4-6-8-17/h4-13H,3,14-15H2,1-2H3. The molecule has 0 spiro atoms. The first-order chi connectivity index (χ1) is 12.7. The number of aromatic nitrogens is 3. The van der Waals surface area contributed by atoms with Gasteiger partial charge in [-0.1, -0.05) is 37.3 Å². The molecule has 5 nitrogen and oxygen atoms in total. The minimum absolute atomic E-state index is 0.268. The first kappa shape index (κ1) is 16.7. The number of hydrogen-bond donors (Lipinski definition) is 0. The highest BCUT2D eigenvalue weighted by molar-refractivity contribution is 5.58. The summed E-state index contributed by atoms with van der Waals surface area (Å²) >= 11 is 0. The van der Waals surface area contributed by atoms with Crippen LogP contribution in [0.1, 0.15) is 18.2 Å². The zero-order valence-corrected chi connectivity index (χ0v) is 15.1. The summed E-state index contributed by atoms with van der Waals surface area (Å²) in [6.45, 7) is 3.68. The third-order valence-corrected chi connectivity index (χ3v) is 4.97. The highest BCUT2D eigenvalue weighted by Crippen LogP contribution is 2.38. The van der Waals surface area contributed by atoms with Crippen LogP contribution in [0.3, 0.4) is 0 Å². The van der Waals surface area contributed by atoms with Crippen molar-refractivity contribution < 1.29 is 4.74 Å². The number of hydrogen-bond acceptors (Lipinski definition) is 5. The maximum atomic E-state index is 5.89. The van der Waals surface area contributed by atoms with Gasteiger partial charge in [0.2, 0.25) is 0 Å². The largest absolute Gasteiger partial charge is 0.370 e. The molecule has 26 heavy (non-hydrogen) atoms. The predicted molar refractivity (Wildman–Crippen MR) is 102 cm³/mol. The minimum Gasteiger partial charge on any atom is -0.370 e. The fraction of sp³-hybridized carbons (Fsp3) is 0.286. The fourth-order valence-electron chi connectivity index (χ4n) is 3.36. The SMILES string of the molecule is CCc1cc(N2CC(OC)(c3ccccc3)C2)nc(-c2ccncc2)n1. The summed E-state index contributed by atoms with van der Waals surface area (Å²) < 4.78 is 5.89. The fourth-order valence-corrected chi connectivity index (χ4v) is 3.36. The van der Waals surface area contributed by atoms with E-state index in [4.69, 9.17) is 9.72 Å². The van der Waals surface area contributed by atoms with E-state index in [1.54, 1.807) is 19.5 Å². The minimum atomic E-state index is -0.268. The zero-order chi connectivity index (χ0) is 18.0. The number of rotatable bonds is 5. The first-order valence-corrected chi connectivity index (χ1v) is 8.88. The molecule has 1 aliphatic rings. The second-order valence-corrected chi connectivity index (χ2v) is 6.55. The van der Waals surface area contributed by atoms with E-state index in [9.17, 15) is 0 Å². The van der Waals surface area contributed by atoms with Crippen LogP contribution in [0, 0.1) is 0 Å². The molecule has 0 bridgehead atoms. The van der Waals surface area contributed by atoms with Crippen LogP contribution in [-0.4, -0.2) is 35.2 Å². The quantitative estimate of drug-likeness (QED) is 0.708. The predicted octanol–water partition coefficient (Wildman–Crippen LogP) is 3.46. The van der Waals surface area contributed by atoms with E-state index in [2.05, 4.69) is 52.1 Å². The first-order valence-electron chi connectivity index (χ1n) is 8.88. The third-order valence-electron chi connectivity index (χ3n) is 4.97. The Balaban J connectivity index is 1.63. The van der Waals surface area contributed by atoms with Gasteiger partial charge in [-0.2, -0.15) is 0 Å². The van der Waals surface area contributed by atoms with Gasteiger partial charge in [-0.05, 0) is 24.1 Å². The van der Waals surface area contributed by atoms with Gasteiger partial charge in [-0.15, -0.1) is 0 Å². The van der Waals surface area contributed by atoms with Crippen molar-refractivity contribution >= 4 is 5.82 Å². The lowest BCUT2D eigenvalue weighted by Gasteiger charge is -2.50. The van der Waals surface area contributed by atoms with Gasteiger partial charge in [0.1, 0.15) is 11.4 Å². The van der Waals surface area contributed by atoms with Crippen molar-refractivity contribution in [2.24, 2.45) is 0 Å². The number of benzene rings is 1. The van der Waals surface area contributed by atoms with Crippen LogP contribution >= 0.6 is 0 Å². The molecule has 132 valence electrons. The van der Waals surface area contributed by atoms with Crippen LogP contribution in [0.4, 0.5) is 5.82 Å². The molecule has 5 heteroatoms. The van der Waals surface area contributed by atoms with Crippen LogP contribution in [0.2, 0.25) is 0 Å². The summed E-state index contributed by atoms with van der Waals surface area (Å²) in [5.74, 6) is 1.70. The Bertz CT molecular complexity index is 877. The smallest absolute Gasteiger partial charge is 0.161 e. The Hall–Kier alpha value is -2.79. The van der Waals surface area contributed by atoms with Gasteiger partial charge in [-0.3, -0.25) is 4.98 Å². The molecule has 0 N–H and O–H groups in total. The van der Waals surface area contributed by atoms with Crippen molar-refractivity contribution in [3.05, 3.63) is 72.2 Å². The molecular weight excluding hydrogens is 324 g/mol. The number of nitrogens with zero attached hydrogens (tertiary/aromatic N) is 4. The molecule has 1 aromatic carbocycles. The summed E-state index contributed by atoms with van der Waals surface area (Å²) in [4.78, 5) is 15.8. The summed E-state index contributed by atoms with van der Waals surface area (Å²) in [6.07, 6.45) is 4.41. The van der Waals surface area contributed by atoms with Gasteiger partial charge < -0.3 is 9.64 Å². The van der Waals surface area contributed by atoms with E-state index in [-0.39, 0.29) is 5.60 Å². The average Bonchev–Trinajstić information content (AvgIpc) is 2.69. The Morgan fingerprint density at radius 3 is 2.42 bits per heavy atom. The highest BCUT2D eigenvalue weighted by atomic mass is 16.5. The second-order valence-electron chi connectivity index (χ2n) is 6.55. The monoisotopic (exact) mass is 346 g/mol. The molecule has 4 rings (SSSR count). The van der Waals surface area contributed by atoms with E-state index >= 15 is 0 Å². The maximum Gasteiger partial charge on any atom is 0.161 e. The van der Waals surface area contributed by atoms with Gasteiger partial charge in [0, 0.05) is 36.8 Å². The van der Waals surface area contributed by atoms with Gasteiger partial charge in [0.25, 0.3) is 0 Å². The molecule has 0 amide bonds. The lowest BCUT2D eigenvalue weighted by Crippen LogP contribution is -2.61. The molecule has 3 aromatic rings. The molecule has 1 saturated heterocycles. The summed E-state index contributed by atoms with van der Waals surface area (Å²) in [6, 6.07) is 16.4. The topological polar surface area (TPSA) is 51.1 Å². The molecule has 0 atom stereocenters. The third kappa shape index (κ3) is 2.95. The van der Waals surface area contributed by atoms with E-state index in [1.807, 2.05) is 18.2 Å². The molecular formula is C21H22N4O. The number of anilines is 1. The van der Waals surface area contributed by atoms with Crippen LogP contribution < -0.4 is 4.90 Å². The van der Waals surface area contributed by atoms with Crippen molar-refractivity contribution in [3.63, 3.8) is 0 Å². The molecule has 0 unspecified atom stereocenters. The second kappa shape index (κ2) is 6.84. The van der Waals surface area contributed by atoms with Crippen molar-refractivity contribution in [2.45, 2.75) is 18.9 Å². The van der Waals surface area contributed by atoms with Crippen molar-refractivity contribution in [2.75, 3.05) is 25.1 Å². The van der Waals surface area contributed by atoms with E-state index < -0.39 is 0 Å². The van der Waals surface area contributed by atoms with Gasteiger partial charge in [0.05, 0.1) is 13.1 Å². The molecule has 0 saturated carbocycles. The normalized spacial score (nSPS) is 15.5. The zero-order valence-electron chi connectivity index (χ0n) is 15.1. The average molecular weight is 346 g/mol. The van der Waals surface area contributed by atoms with Gasteiger partial charge in [-0.25, -0.2) is 9.97 Å². The Labute approximate surface area is 153 Å². The summed E-state index contributed by atoms with van der Waals surface area (Å²) in [7, 11) is 1.78. The van der Waals surface area contributed by atoms with Gasteiger partial charge in [0.15, 0.2) is 5.82 Å². The number of pyridine rings is 1. The van der Waals surface area contributed by atoms with Crippen LogP contribution in [0.25, 0.3) is 11.4 Å². The molecule has 0 aliphatic carbocycles. The molecule has 3 heterocycles. The number of methoxy groups -OCH3 is 1. The number of aryl methyl sites for hydroxylation is 1. The van der Waals surface area contributed by atoms with Crippen molar-refractivity contribution in [1.29, 1.82) is 0 Å². The van der Waals surface area contributed by atoms with Crippen LogP contribution in [-0.2, 0) is 16.8 Å².